The van der Waals surface area contributed by atoms with Crippen LogP contribution in [0.25, 0.3) is 0 Å². The van der Waals surface area contributed by atoms with Crippen molar-refractivity contribution in [2.24, 2.45) is 5.73 Å². The van der Waals surface area contributed by atoms with Crippen LogP contribution in [-0.2, 0) is 10.1 Å². The second-order valence-corrected chi connectivity index (χ2v) is 3.40. The molecule has 0 aliphatic heterocycles. The predicted molar refractivity (Wildman–Crippen MR) is 30.1 cm³/mol. The van der Waals surface area contributed by atoms with E-state index in [0.717, 1.165) is 0 Å². The molecule has 0 rings (SSSR count). The van der Waals surface area contributed by atoms with Gasteiger partial charge in [-0.25, -0.2) is 0 Å². The van der Waals surface area contributed by atoms with Crippen LogP contribution < -0.4 is 5.73 Å². The van der Waals surface area contributed by atoms with E-state index in [0.29, 0.717) is 0 Å². The van der Waals surface area contributed by atoms with Gasteiger partial charge in [-0.2, -0.15) is 0 Å². The number of nitrogens with two attached hydrogens (primary N) is 1. The van der Waals surface area contributed by atoms with Crippen molar-refractivity contribution in [3.8, 4) is 0 Å². The van der Waals surface area contributed by atoms with Gasteiger partial charge in [0, 0.05) is 0 Å². The molecule has 0 aromatic heterocycles. The summed E-state index contributed by atoms with van der Waals surface area (Å²) >= 11 is 1.34. The first-order chi connectivity index (χ1) is 3.48. The monoisotopic (exact) mass is 131 g/mol. The van der Waals surface area contributed by atoms with Crippen molar-refractivity contribution in [1.29, 1.82) is 0 Å². The Bertz CT molecular complexity index is 153. The molecule has 0 saturated heterocycles. The first-order valence-electron chi connectivity index (χ1n) is 2.15. The third-order valence-electron chi connectivity index (χ3n) is 0.840. The van der Waals surface area contributed by atoms with Gasteiger partial charge >= 0.3 is 57.0 Å². The molecule has 0 aliphatic carbocycles. The van der Waals surface area contributed by atoms with Gasteiger partial charge in [-0.1, -0.05) is 0 Å². The molecule has 0 heterocycles. The summed E-state index contributed by atoms with van der Waals surface area (Å²) in [5.41, 5.74) is 4.92. The van der Waals surface area contributed by atoms with Crippen molar-refractivity contribution in [2.45, 2.75) is 3.92 Å². The van der Waals surface area contributed by atoms with Gasteiger partial charge in [0.1, 0.15) is 0 Å². The fraction of sp³-hybridized carbons (Fsp3) is 1.00. The summed E-state index contributed by atoms with van der Waals surface area (Å²) in [6, 6.07) is 0. The normalized spacial score (nSPS) is 16.0. The Kier molecular flexibility index (Phi) is 3.02. The molecule has 0 amide bonds. The maximum atomic E-state index is 10.0. The fourth-order valence-corrected chi connectivity index (χ4v) is 0.365. The molecule has 0 aromatic rings. The van der Waals surface area contributed by atoms with Gasteiger partial charge in [-0.15, -0.1) is 0 Å². The van der Waals surface area contributed by atoms with E-state index < -0.39 is 14.0 Å². The molecule has 0 radical (unpaired) electrons. The summed E-state index contributed by atoms with van der Waals surface area (Å²) in [5, 5.41) is 0. The van der Waals surface area contributed by atoms with Crippen molar-refractivity contribution in [3.05, 3.63) is 0 Å². The molecular formula is C2H6LiNO3S. The van der Waals surface area contributed by atoms with E-state index in [-0.39, 0.29) is 6.54 Å². The number of hydrogen-bond donors (Lipinski definition) is 2. The van der Waals surface area contributed by atoms with Crippen LogP contribution in [0.5, 0.6) is 0 Å². The zero-order valence-electron chi connectivity index (χ0n) is 4.53. The van der Waals surface area contributed by atoms with E-state index >= 15 is 0 Å². The van der Waals surface area contributed by atoms with E-state index in [4.69, 9.17) is 10.3 Å². The molecule has 44 valence electrons. The topological polar surface area (TPSA) is 80.4 Å². The molecule has 0 fully saturated rings. The Morgan fingerprint density at radius 1 is 1.75 bits per heavy atom. The molecule has 3 N–H and O–H groups in total. The van der Waals surface area contributed by atoms with Gasteiger partial charge in [0.2, 0.25) is 0 Å². The van der Waals surface area contributed by atoms with Crippen LogP contribution in [0.15, 0.2) is 0 Å². The van der Waals surface area contributed by atoms with Crippen LogP contribution in [0.4, 0.5) is 0 Å². The summed E-state index contributed by atoms with van der Waals surface area (Å²) in [6.45, 7) is -0.0428. The first-order valence-corrected chi connectivity index (χ1v) is 3.65. The molecular weight excluding hydrogens is 125 g/mol. The molecule has 0 bridgehead atoms. The second kappa shape index (κ2) is 2.85. The van der Waals surface area contributed by atoms with Crippen molar-refractivity contribution < 1.29 is 13.0 Å². The van der Waals surface area contributed by atoms with E-state index in [1.165, 1.54) is 17.7 Å². The number of hydrogen-bond acceptors (Lipinski definition) is 3. The predicted octanol–water partition coefficient (Wildman–Crippen LogP) is -1.67. The Balaban J connectivity index is 4.04. The molecule has 8 heavy (non-hydrogen) atoms. The van der Waals surface area contributed by atoms with Crippen molar-refractivity contribution in [3.63, 3.8) is 0 Å². The Morgan fingerprint density at radius 3 is 2.12 bits per heavy atom. The maximum absolute atomic E-state index is 10.0. The van der Waals surface area contributed by atoms with Crippen LogP contribution >= 0.6 is 0 Å². The van der Waals surface area contributed by atoms with Crippen molar-refractivity contribution >= 4 is 27.8 Å². The summed E-state index contributed by atoms with van der Waals surface area (Å²) < 4.78 is 27.4. The molecule has 1 unspecified atom stereocenters. The van der Waals surface area contributed by atoms with Crippen LogP contribution in [-0.4, -0.2) is 41.2 Å². The molecule has 0 aliphatic rings. The molecule has 0 aromatic carbocycles. The average Bonchev–Trinajstić information content (AvgIpc) is 1.62. The fourth-order valence-electron chi connectivity index (χ4n) is 0.122. The molecule has 0 spiro atoms. The quantitative estimate of drug-likeness (QED) is 0.346. The van der Waals surface area contributed by atoms with E-state index in [1.54, 1.807) is 0 Å². The van der Waals surface area contributed by atoms with Crippen LogP contribution in [0.2, 0.25) is 0 Å². The van der Waals surface area contributed by atoms with Crippen molar-refractivity contribution in [2.75, 3.05) is 6.54 Å². The van der Waals surface area contributed by atoms with E-state index in [1.807, 2.05) is 0 Å². The van der Waals surface area contributed by atoms with Crippen LogP contribution in [0, 0.1) is 0 Å². The van der Waals surface area contributed by atoms with Gasteiger partial charge in [-0.3, -0.25) is 0 Å². The summed E-state index contributed by atoms with van der Waals surface area (Å²) in [5.74, 6) is 0. The van der Waals surface area contributed by atoms with Gasteiger partial charge < -0.3 is 0 Å². The van der Waals surface area contributed by atoms with E-state index in [9.17, 15) is 8.42 Å². The third kappa shape index (κ3) is 2.70. The summed E-state index contributed by atoms with van der Waals surface area (Å²) in [6.07, 6.45) is 0. The minimum atomic E-state index is -3.88. The minimum absolute atomic E-state index is 0.0428. The van der Waals surface area contributed by atoms with Crippen LogP contribution in [0.1, 0.15) is 0 Å². The SMILES string of the molecule is [Li][CH](CN)S(=O)(=O)O. The summed E-state index contributed by atoms with van der Waals surface area (Å²) in [7, 11) is -3.88. The van der Waals surface area contributed by atoms with Gasteiger partial charge in [0.05, 0.1) is 0 Å². The van der Waals surface area contributed by atoms with E-state index in [2.05, 4.69) is 0 Å². The van der Waals surface area contributed by atoms with Gasteiger partial charge in [0.15, 0.2) is 0 Å². The molecule has 0 saturated carbocycles. The molecule has 4 nitrogen and oxygen atoms in total. The number of rotatable bonds is 2. The average molecular weight is 131 g/mol. The standard InChI is InChI=1S/C2H6NO3S.Li/c3-1-2-7(4,5)6;/h2H,1,3H2,(H,4,5,6);. The molecule has 6 heteroatoms. The Labute approximate surface area is 57.4 Å². The van der Waals surface area contributed by atoms with Crippen molar-refractivity contribution in [1.82, 2.24) is 0 Å². The Morgan fingerprint density at radius 2 is 2.12 bits per heavy atom. The second-order valence-electron chi connectivity index (χ2n) is 1.56. The summed E-state index contributed by atoms with van der Waals surface area (Å²) in [4.78, 5) is 0. The van der Waals surface area contributed by atoms with Crippen LogP contribution in [0.3, 0.4) is 0 Å². The first kappa shape index (κ1) is 8.47. The van der Waals surface area contributed by atoms with Gasteiger partial charge in [-0.05, 0) is 0 Å². The Hall–Kier alpha value is 0.467. The zero-order valence-corrected chi connectivity index (χ0v) is 5.35. The molecule has 1 atom stereocenters. The zero-order chi connectivity index (χ0) is 6.78. The third-order valence-corrected chi connectivity index (χ3v) is 2.05. The van der Waals surface area contributed by atoms with Gasteiger partial charge in [0.25, 0.3) is 0 Å².